The van der Waals surface area contributed by atoms with Crippen molar-refractivity contribution in [1.82, 2.24) is 24.9 Å². The van der Waals surface area contributed by atoms with Gasteiger partial charge in [-0.05, 0) is 25.5 Å². The predicted molar refractivity (Wildman–Crippen MR) is 86.8 cm³/mol. The number of aromatic amines is 1. The topological polar surface area (TPSA) is 95.3 Å². The van der Waals surface area contributed by atoms with Crippen LogP contribution >= 0.6 is 0 Å². The SMILES string of the molecule is Cc1nc(CN2CCN(C(=O)c3cc(C)c(C)[nH]c3=O)CC2)no1. The molecule has 3 heterocycles. The van der Waals surface area contributed by atoms with E-state index in [4.69, 9.17) is 4.52 Å². The Morgan fingerprint density at radius 1 is 1.25 bits per heavy atom. The maximum Gasteiger partial charge on any atom is 0.261 e. The summed E-state index contributed by atoms with van der Waals surface area (Å²) in [5.74, 6) is 0.986. The molecule has 1 aliphatic rings. The third kappa shape index (κ3) is 3.38. The Kier molecular flexibility index (Phi) is 4.48. The van der Waals surface area contributed by atoms with Crippen molar-refractivity contribution in [2.45, 2.75) is 27.3 Å². The van der Waals surface area contributed by atoms with Gasteiger partial charge in [0.1, 0.15) is 5.56 Å². The van der Waals surface area contributed by atoms with Crippen LogP contribution < -0.4 is 5.56 Å². The Balaban J connectivity index is 1.63. The molecule has 2 aromatic heterocycles. The number of nitrogens with zero attached hydrogens (tertiary/aromatic N) is 4. The average Bonchev–Trinajstić information content (AvgIpc) is 2.96. The summed E-state index contributed by atoms with van der Waals surface area (Å²) in [7, 11) is 0. The molecule has 0 radical (unpaired) electrons. The second-order valence-electron chi connectivity index (χ2n) is 6.12. The molecule has 0 atom stereocenters. The first-order valence-electron chi connectivity index (χ1n) is 7.95. The summed E-state index contributed by atoms with van der Waals surface area (Å²) in [6, 6.07) is 1.67. The van der Waals surface area contributed by atoms with Gasteiger partial charge in [-0.25, -0.2) is 0 Å². The highest BCUT2D eigenvalue weighted by atomic mass is 16.5. The van der Waals surface area contributed by atoms with Crippen molar-refractivity contribution in [2.75, 3.05) is 26.2 Å². The van der Waals surface area contributed by atoms with E-state index >= 15 is 0 Å². The lowest BCUT2D eigenvalue weighted by Crippen LogP contribution is -2.49. The van der Waals surface area contributed by atoms with Gasteiger partial charge in [-0.3, -0.25) is 14.5 Å². The molecule has 8 heteroatoms. The van der Waals surface area contributed by atoms with E-state index in [1.807, 2.05) is 13.8 Å². The number of piperazine rings is 1. The molecular formula is C16H21N5O3. The molecule has 8 nitrogen and oxygen atoms in total. The van der Waals surface area contributed by atoms with Gasteiger partial charge >= 0.3 is 0 Å². The Labute approximate surface area is 139 Å². The van der Waals surface area contributed by atoms with Gasteiger partial charge in [0.2, 0.25) is 5.89 Å². The maximum atomic E-state index is 12.6. The summed E-state index contributed by atoms with van der Waals surface area (Å²) in [6.45, 7) is 8.63. The van der Waals surface area contributed by atoms with Gasteiger partial charge in [0.25, 0.3) is 11.5 Å². The molecule has 0 spiro atoms. The molecule has 128 valence electrons. The van der Waals surface area contributed by atoms with Gasteiger partial charge < -0.3 is 14.4 Å². The minimum atomic E-state index is -0.326. The number of nitrogens with one attached hydrogen (secondary N) is 1. The average molecular weight is 331 g/mol. The highest BCUT2D eigenvalue weighted by Gasteiger charge is 2.25. The first-order valence-corrected chi connectivity index (χ1v) is 7.95. The molecule has 2 aromatic rings. The van der Waals surface area contributed by atoms with Gasteiger partial charge in [0.05, 0.1) is 6.54 Å². The van der Waals surface area contributed by atoms with Crippen LogP contribution in [0.2, 0.25) is 0 Å². The summed E-state index contributed by atoms with van der Waals surface area (Å²) in [6.07, 6.45) is 0. The molecule has 0 bridgehead atoms. The molecule has 1 fully saturated rings. The summed E-state index contributed by atoms with van der Waals surface area (Å²) in [5, 5.41) is 3.89. The van der Waals surface area contributed by atoms with Gasteiger partial charge in [-0.1, -0.05) is 5.16 Å². The predicted octanol–water partition coefficient (Wildman–Crippen LogP) is 0.641. The molecule has 1 saturated heterocycles. The molecule has 0 unspecified atom stereocenters. The number of pyridine rings is 1. The van der Waals surface area contributed by atoms with Crippen LogP contribution in [0.4, 0.5) is 0 Å². The van der Waals surface area contributed by atoms with Crippen molar-refractivity contribution < 1.29 is 9.32 Å². The standard InChI is InChI=1S/C16H21N5O3/c1-10-8-13(15(22)17-11(10)2)16(23)21-6-4-20(5-7-21)9-14-18-12(3)24-19-14/h8H,4-7,9H2,1-3H3,(H,17,22). The van der Waals surface area contributed by atoms with Crippen molar-refractivity contribution in [3.05, 3.63) is 45.0 Å². The van der Waals surface area contributed by atoms with E-state index in [2.05, 4.69) is 20.0 Å². The number of aryl methyl sites for hydroxylation is 3. The number of hydrogen-bond acceptors (Lipinski definition) is 6. The first kappa shape index (κ1) is 16.4. The number of carbonyl (C=O) groups excluding carboxylic acids is 1. The zero-order valence-electron chi connectivity index (χ0n) is 14.1. The molecule has 1 amide bonds. The number of carbonyl (C=O) groups is 1. The Morgan fingerprint density at radius 2 is 1.96 bits per heavy atom. The highest BCUT2D eigenvalue weighted by molar-refractivity contribution is 5.94. The fourth-order valence-electron chi connectivity index (χ4n) is 2.77. The molecule has 0 saturated carbocycles. The van der Waals surface area contributed by atoms with Crippen LogP contribution in [0.3, 0.4) is 0 Å². The van der Waals surface area contributed by atoms with E-state index in [0.717, 1.165) is 11.3 Å². The third-order valence-corrected chi connectivity index (χ3v) is 4.32. The lowest BCUT2D eigenvalue weighted by Gasteiger charge is -2.34. The fraction of sp³-hybridized carbons (Fsp3) is 0.500. The van der Waals surface area contributed by atoms with Gasteiger partial charge in [-0.15, -0.1) is 0 Å². The minimum absolute atomic E-state index is 0.209. The van der Waals surface area contributed by atoms with E-state index in [9.17, 15) is 9.59 Å². The number of rotatable bonds is 3. The quantitative estimate of drug-likeness (QED) is 0.887. The lowest BCUT2D eigenvalue weighted by atomic mass is 10.1. The van der Waals surface area contributed by atoms with Crippen molar-refractivity contribution in [3.63, 3.8) is 0 Å². The van der Waals surface area contributed by atoms with E-state index < -0.39 is 0 Å². The van der Waals surface area contributed by atoms with E-state index in [-0.39, 0.29) is 17.0 Å². The van der Waals surface area contributed by atoms with Crippen LogP contribution in [0.25, 0.3) is 0 Å². The summed E-state index contributed by atoms with van der Waals surface area (Å²) < 4.78 is 4.97. The van der Waals surface area contributed by atoms with Crippen LogP contribution in [-0.4, -0.2) is 57.0 Å². The second-order valence-corrected chi connectivity index (χ2v) is 6.12. The van der Waals surface area contributed by atoms with Crippen LogP contribution in [-0.2, 0) is 6.54 Å². The fourth-order valence-corrected chi connectivity index (χ4v) is 2.77. The first-order chi connectivity index (χ1) is 11.4. The zero-order valence-corrected chi connectivity index (χ0v) is 14.1. The van der Waals surface area contributed by atoms with Crippen molar-refractivity contribution in [2.24, 2.45) is 0 Å². The van der Waals surface area contributed by atoms with Gasteiger partial charge in [0.15, 0.2) is 5.82 Å². The number of H-pyrrole nitrogens is 1. The third-order valence-electron chi connectivity index (χ3n) is 4.32. The second kappa shape index (κ2) is 6.56. The number of aromatic nitrogens is 3. The van der Waals surface area contributed by atoms with Crippen LogP contribution in [0, 0.1) is 20.8 Å². The van der Waals surface area contributed by atoms with Gasteiger partial charge in [0, 0.05) is 38.8 Å². The largest absolute Gasteiger partial charge is 0.340 e. The lowest BCUT2D eigenvalue weighted by molar-refractivity contribution is 0.0622. The van der Waals surface area contributed by atoms with Gasteiger partial charge in [-0.2, -0.15) is 4.98 Å². The Morgan fingerprint density at radius 3 is 2.58 bits per heavy atom. The molecule has 24 heavy (non-hydrogen) atoms. The molecule has 1 aliphatic heterocycles. The van der Waals surface area contributed by atoms with E-state index in [1.54, 1.807) is 17.9 Å². The van der Waals surface area contributed by atoms with Crippen molar-refractivity contribution in [1.29, 1.82) is 0 Å². The molecule has 3 rings (SSSR count). The molecule has 0 aliphatic carbocycles. The van der Waals surface area contributed by atoms with Crippen molar-refractivity contribution in [3.8, 4) is 0 Å². The number of hydrogen-bond donors (Lipinski definition) is 1. The number of amides is 1. The van der Waals surface area contributed by atoms with Crippen LogP contribution in [0.5, 0.6) is 0 Å². The van der Waals surface area contributed by atoms with Crippen molar-refractivity contribution >= 4 is 5.91 Å². The Bertz CT molecular complexity index is 802. The van der Waals surface area contributed by atoms with E-state index in [1.165, 1.54) is 0 Å². The minimum Gasteiger partial charge on any atom is -0.340 e. The van der Waals surface area contributed by atoms with E-state index in [0.29, 0.717) is 44.4 Å². The van der Waals surface area contributed by atoms with Crippen LogP contribution in [0.15, 0.2) is 15.4 Å². The summed E-state index contributed by atoms with van der Waals surface area (Å²) >= 11 is 0. The summed E-state index contributed by atoms with van der Waals surface area (Å²) in [4.78, 5) is 35.4. The maximum absolute atomic E-state index is 12.6. The monoisotopic (exact) mass is 331 g/mol. The summed E-state index contributed by atoms with van der Waals surface area (Å²) in [5.41, 5.74) is 1.58. The molecular weight excluding hydrogens is 310 g/mol. The van der Waals surface area contributed by atoms with Crippen LogP contribution in [0.1, 0.15) is 33.3 Å². The highest BCUT2D eigenvalue weighted by Crippen LogP contribution is 2.10. The smallest absolute Gasteiger partial charge is 0.261 e. The molecule has 1 N–H and O–H groups in total. The Hall–Kier alpha value is -2.48. The normalized spacial score (nSPS) is 15.7. The molecule has 0 aromatic carbocycles. The zero-order chi connectivity index (χ0) is 17.3.